The highest BCUT2D eigenvalue weighted by Gasteiger charge is 2.28. The van der Waals surface area contributed by atoms with Gasteiger partial charge in [0.05, 0.1) is 12.5 Å². The van der Waals surface area contributed by atoms with Crippen LogP contribution in [0.25, 0.3) is 0 Å². The van der Waals surface area contributed by atoms with Gasteiger partial charge in [-0.05, 0) is 12.8 Å². The molecule has 3 nitrogen and oxygen atoms in total. The van der Waals surface area contributed by atoms with Crippen LogP contribution >= 0.6 is 0 Å². The van der Waals surface area contributed by atoms with Crippen LogP contribution in [0.4, 0.5) is 0 Å². The van der Waals surface area contributed by atoms with E-state index in [0.717, 1.165) is 12.8 Å². The molecule has 0 aromatic carbocycles. The largest absolute Gasteiger partial charge is 0.273 e. The van der Waals surface area contributed by atoms with Crippen molar-refractivity contribution < 1.29 is 4.79 Å². The molecule has 1 heterocycles. The maximum atomic E-state index is 11.2. The van der Waals surface area contributed by atoms with Crippen LogP contribution in [0.3, 0.4) is 0 Å². The Morgan fingerprint density at radius 1 is 1.45 bits per heavy atom. The standard InChI is InChI=1S/C8H12N2O/c11-8-5-6-9-10(8)7-3-1-2-4-7/h6-7H,1-5H2. The summed E-state index contributed by atoms with van der Waals surface area (Å²) in [6.07, 6.45) is 7.01. The van der Waals surface area contributed by atoms with E-state index in [4.69, 9.17) is 0 Å². The highest BCUT2D eigenvalue weighted by molar-refractivity contribution is 5.93. The van der Waals surface area contributed by atoms with Crippen LogP contribution in [-0.2, 0) is 4.79 Å². The van der Waals surface area contributed by atoms with Gasteiger partial charge in [0, 0.05) is 6.21 Å². The van der Waals surface area contributed by atoms with Crippen LogP contribution in [-0.4, -0.2) is 23.2 Å². The van der Waals surface area contributed by atoms with Crippen molar-refractivity contribution in [3.63, 3.8) is 0 Å². The van der Waals surface area contributed by atoms with Crippen LogP contribution in [0.1, 0.15) is 32.1 Å². The first-order valence-corrected chi connectivity index (χ1v) is 4.22. The molecule has 1 aliphatic carbocycles. The van der Waals surface area contributed by atoms with Gasteiger partial charge in [-0.3, -0.25) is 4.79 Å². The molecule has 0 unspecified atom stereocenters. The van der Waals surface area contributed by atoms with E-state index >= 15 is 0 Å². The number of hydrogen-bond donors (Lipinski definition) is 0. The maximum absolute atomic E-state index is 11.2. The smallest absolute Gasteiger partial charge is 0.248 e. The Morgan fingerprint density at radius 3 is 2.73 bits per heavy atom. The Kier molecular flexibility index (Phi) is 1.64. The lowest BCUT2D eigenvalue weighted by Crippen LogP contribution is -2.30. The molecule has 1 aliphatic heterocycles. The third kappa shape index (κ3) is 1.15. The SMILES string of the molecule is O=C1CC=NN1C1CCCC1. The minimum Gasteiger partial charge on any atom is -0.273 e. The van der Waals surface area contributed by atoms with Gasteiger partial charge in [0.1, 0.15) is 0 Å². The van der Waals surface area contributed by atoms with E-state index in [9.17, 15) is 4.79 Å². The number of amides is 1. The minimum absolute atomic E-state index is 0.178. The van der Waals surface area contributed by atoms with Crippen molar-refractivity contribution in [3.8, 4) is 0 Å². The molecule has 1 fully saturated rings. The van der Waals surface area contributed by atoms with Gasteiger partial charge in [0.2, 0.25) is 5.91 Å². The fourth-order valence-electron chi connectivity index (χ4n) is 1.81. The van der Waals surface area contributed by atoms with E-state index in [1.165, 1.54) is 12.8 Å². The first-order valence-electron chi connectivity index (χ1n) is 4.22. The van der Waals surface area contributed by atoms with Crippen molar-refractivity contribution in [2.24, 2.45) is 5.10 Å². The summed E-state index contributed by atoms with van der Waals surface area (Å²) in [6, 6.07) is 0.418. The molecule has 0 N–H and O–H groups in total. The average Bonchev–Trinajstić information content (AvgIpc) is 2.55. The van der Waals surface area contributed by atoms with Crippen molar-refractivity contribution in [2.75, 3.05) is 0 Å². The number of hydrazone groups is 1. The van der Waals surface area contributed by atoms with Gasteiger partial charge in [-0.2, -0.15) is 5.10 Å². The molecule has 60 valence electrons. The molecule has 0 aromatic rings. The predicted octanol–water partition coefficient (Wildman–Crippen LogP) is 1.15. The van der Waals surface area contributed by atoms with Crippen molar-refractivity contribution in [3.05, 3.63) is 0 Å². The van der Waals surface area contributed by atoms with Gasteiger partial charge < -0.3 is 0 Å². The Hall–Kier alpha value is -0.860. The van der Waals surface area contributed by atoms with E-state index in [2.05, 4.69) is 5.10 Å². The summed E-state index contributed by atoms with van der Waals surface area (Å²) in [5.41, 5.74) is 0. The first-order chi connectivity index (χ1) is 5.38. The molecular formula is C8H12N2O. The summed E-state index contributed by atoms with van der Waals surface area (Å²) < 4.78 is 0. The fraction of sp³-hybridized carbons (Fsp3) is 0.750. The Bertz CT molecular complexity index is 194. The third-order valence-electron chi connectivity index (χ3n) is 2.40. The third-order valence-corrected chi connectivity index (χ3v) is 2.40. The zero-order chi connectivity index (χ0) is 7.68. The Morgan fingerprint density at radius 2 is 2.18 bits per heavy atom. The van der Waals surface area contributed by atoms with Crippen LogP contribution in [0.15, 0.2) is 5.10 Å². The lowest BCUT2D eigenvalue weighted by atomic mass is 10.2. The van der Waals surface area contributed by atoms with Crippen molar-refractivity contribution in [1.82, 2.24) is 5.01 Å². The lowest BCUT2D eigenvalue weighted by Gasteiger charge is -2.18. The van der Waals surface area contributed by atoms with E-state index in [0.29, 0.717) is 12.5 Å². The van der Waals surface area contributed by atoms with Crippen LogP contribution < -0.4 is 0 Å². The van der Waals surface area contributed by atoms with Crippen LogP contribution in [0.5, 0.6) is 0 Å². The number of rotatable bonds is 1. The monoisotopic (exact) mass is 152 g/mol. The number of carbonyl (C=O) groups excluding carboxylic acids is 1. The fourth-order valence-corrected chi connectivity index (χ4v) is 1.81. The molecule has 0 bridgehead atoms. The van der Waals surface area contributed by atoms with Gasteiger partial charge in [0.25, 0.3) is 0 Å². The summed E-state index contributed by atoms with van der Waals surface area (Å²) >= 11 is 0. The molecule has 1 amide bonds. The lowest BCUT2D eigenvalue weighted by molar-refractivity contribution is -0.130. The first kappa shape index (κ1) is 6.83. The van der Waals surface area contributed by atoms with Gasteiger partial charge in [-0.15, -0.1) is 0 Å². The molecule has 2 aliphatic rings. The summed E-state index contributed by atoms with van der Waals surface area (Å²) in [5.74, 6) is 0.178. The zero-order valence-electron chi connectivity index (χ0n) is 6.49. The molecule has 0 aromatic heterocycles. The van der Waals surface area contributed by atoms with Gasteiger partial charge in [-0.1, -0.05) is 12.8 Å². The Balaban J connectivity index is 2.02. The van der Waals surface area contributed by atoms with Crippen molar-refractivity contribution in [1.29, 1.82) is 0 Å². The number of hydrogen-bond acceptors (Lipinski definition) is 2. The van der Waals surface area contributed by atoms with E-state index in [1.54, 1.807) is 11.2 Å². The topological polar surface area (TPSA) is 32.7 Å². The quantitative estimate of drug-likeness (QED) is 0.554. The molecule has 1 saturated carbocycles. The molecule has 3 heteroatoms. The van der Waals surface area contributed by atoms with Crippen LogP contribution in [0, 0.1) is 0 Å². The predicted molar refractivity (Wildman–Crippen MR) is 42.2 cm³/mol. The second-order valence-electron chi connectivity index (χ2n) is 3.18. The highest BCUT2D eigenvalue weighted by atomic mass is 16.2. The second-order valence-corrected chi connectivity index (χ2v) is 3.18. The van der Waals surface area contributed by atoms with E-state index in [1.807, 2.05) is 0 Å². The van der Waals surface area contributed by atoms with Crippen LogP contribution in [0.2, 0.25) is 0 Å². The molecular weight excluding hydrogens is 140 g/mol. The summed E-state index contributed by atoms with van der Waals surface area (Å²) in [7, 11) is 0. The van der Waals surface area contributed by atoms with E-state index in [-0.39, 0.29) is 5.91 Å². The molecule has 0 spiro atoms. The average molecular weight is 152 g/mol. The van der Waals surface area contributed by atoms with Crippen molar-refractivity contribution in [2.45, 2.75) is 38.1 Å². The number of nitrogens with zero attached hydrogens (tertiary/aromatic N) is 2. The summed E-state index contributed by atoms with van der Waals surface area (Å²) in [5, 5.41) is 5.73. The molecule has 0 saturated heterocycles. The van der Waals surface area contributed by atoms with Gasteiger partial charge >= 0.3 is 0 Å². The number of carbonyl (C=O) groups is 1. The molecule has 0 atom stereocenters. The summed E-state index contributed by atoms with van der Waals surface area (Å²) in [4.78, 5) is 11.2. The molecule has 11 heavy (non-hydrogen) atoms. The Labute approximate surface area is 66.1 Å². The maximum Gasteiger partial charge on any atom is 0.248 e. The molecule has 2 rings (SSSR count). The normalized spacial score (nSPS) is 25.5. The zero-order valence-corrected chi connectivity index (χ0v) is 6.49. The molecule has 0 radical (unpaired) electrons. The summed E-state index contributed by atoms with van der Waals surface area (Å²) in [6.45, 7) is 0. The second kappa shape index (κ2) is 2.64. The van der Waals surface area contributed by atoms with E-state index < -0.39 is 0 Å². The van der Waals surface area contributed by atoms with Gasteiger partial charge in [-0.25, -0.2) is 5.01 Å². The van der Waals surface area contributed by atoms with Crippen molar-refractivity contribution >= 4 is 12.1 Å². The van der Waals surface area contributed by atoms with Gasteiger partial charge in [0.15, 0.2) is 0 Å². The minimum atomic E-state index is 0.178. The highest BCUT2D eigenvalue weighted by Crippen LogP contribution is 2.25.